The number of fused-ring (bicyclic) bond motifs is 2. The summed E-state index contributed by atoms with van der Waals surface area (Å²) in [6.45, 7) is 3.06. The number of benzene rings is 3. The van der Waals surface area contributed by atoms with E-state index < -0.39 is 0 Å². The van der Waals surface area contributed by atoms with Crippen LogP contribution in [0.5, 0.6) is 0 Å². The molecule has 0 saturated carbocycles. The molecule has 0 fully saturated rings. The van der Waals surface area contributed by atoms with Gasteiger partial charge in [-0.15, -0.1) is 84.1 Å². The molecule has 0 bridgehead atoms. The molecule has 0 amide bonds. The normalized spacial score (nSPS) is 8.10. The third kappa shape index (κ3) is 10.8. The molecule has 0 aromatic heterocycles. The van der Waals surface area contributed by atoms with Gasteiger partial charge in [-0.3, -0.25) is 0 Å². The monoisotopic (exact) mass is 512 g/mol. The van der Waals surface area contributed by atoms with E-state index in [9.17, 15) is 0 Å². The van der Waals surface area contributed by atoms with Crippen molar-refractivity contribution in [1.82, 2.24) is 0 Å². The van der Waals surface area contributed by atoms with Crippen LogP contribution in [0.3, 0.4) is 0 Å². The van der Waals surface area contributed by atoms with Crippen LogP contribution in [-0.4, -0.2) is 6.88 Å². The molecular weight excluding hydrogens is 490 g/mol. The van der Waals surface area contributed by atoms with Gasteiger partial charge in [-0.1, -0.05) is 12.1 Å². The summed E-state index contributed by atoms with van der Waals surface area (Å²) in [5.41, 5.74) is 0. The average Bonchev–Trinajstić information content (AvgIpc) is 3.41. The molecule has 0 atom stereocenters. The van der Waals surface area contributed by atoms with E-state index in [2.05, 4.69) is 97.9 Å². The quantitative estimate of drug-likeness (QED) is 0.148. The zero-order valence-corrected chi connectivity index (χ0v) is 21.4. The SMILES string of the molecule is Cl.Cl.[CH3-].[Si]=[Zr].[c-]1ccccc1.c1ccc2[cH-]ccc2c1.c1ccc2[cH-]ccc2c1. The van der Waals surface area contributed by atoms with E-state index in [-0.39, 0.29) is 32.2 Å². The van der Waals surface area contributed by atoms with Gasteiger partial charge in [0, 0.05) is 0 Å². The molecule has 29 heavy (non-hydrogen) atoms. The minimum atomic E-state index is 0. The van der Waals surface area contributed by atoms with Crippen molar-refractivity contribution in [2.45, 2.75) is 0 Å². The molecular formula is C25H24Cl2SiZr-4. The third-order valence-electron chi connectivity index (χ3n) is 3.70. The summed E-state index contributed by atoms with van der Waals surface area (Å²) in [4.78, 5) is 0. The fraction of sp³-hybridized carbons (Fsp3) is 0. The summed E-state index contributed by atoms with van der Waals surface area (Å²) in [6.07, 6.45) is 0. The zero-order chi connectivity index (χ0) is 18.5. The molecule has 5 aromatic carbocycles. The van der Waals surface area contributed by atoms with Crippen molar-refractivity contribution in [3.05, 3.63) is 129 Å². The molecule has 0 aliphatic heterocycles. The second kappa shape index (κ2) is 18.6. The number of hydrogen-bond acceptors (Lipinski definition) is 0. The van der Waals surface area contributed by atoms with Gasteiger partial charge in [0.1, 0.15) is 0 Å². The van der Waals surface area contributed by atoms with Crippen LogP contribution < -0.4 is 0 Å². The first kappa shape index (κ1) is 29.8. The molecule has 0 N–H and O–H groups in total. The summed E-state index contributed by atoms with van der Waals surface area (Å²) in [5.74, 6) is 0. The molecule has 150 valence electrons. The van der Waals surface area contributed by atoms with Crippen LogP contribution in [0.2, 0.25) is 0 Å². The van der Waals surface area contributed by atoms with Crippen LogP contribution >= 0.6 is 24.8 Å². The van der Waals surface area contributed by atoms with Gasteiger partial charge in [-0.25, -0.2) is 0 Å². The Morgan fingerprint density at radius 2 is 1.00 bits per heavy atom. The summed E-state index contributed by atoms with van der Waals surface area (Å²) in [7, 11) is 0. The molecule has 0 nitrogen and oxygen atoms in total. The minimum absolute atomic E-state index is 0. The van der Waals surface area contributed by atoms with E-state index in [1.165, 1.54) is 44.9 Å². The number of hydrogen-bond donors (Lipinski definition) is 0. The van der Waals surface area contributed by atoms with Gasteiger partial charge in [0.05, 0.1) is 0 Å². The van der Waals surface area contributed by atoms with E-state index in [1.807, 2.05) is 30.3 Å². The zero-order valence-electron chi connectivity index (χ0n) is 16.3. The van der Waals surface area contributed by atoms with Gasteiger partial charge < -0.3 is 7.43 Å². The Hall–Kier alpha value is -1.44. The van der Waals surface area contributed by atoms with Crippen LogP contribution in [-0.2, 0) is 23.3 Å². The van der Waals surface area contributed by atoms with Crippen molar-refractivity contribution in [1.29, 1.82) is 0 Å². The third-order valence-corrected chi connectivity index (χ3v) is 3.70. The van der Waals surface area contributed by atoms with E-state index in [0.717, 1.165) is 0 Å². The van der Waals surface area contributed by atoms with Crippen LogP contribution in [0.25, 0.3) is 21.5 Å². The van der Waals surface area contributed by atoms with Gasteiger partial charge in [0.25, 0.3) is 0 Å². The largest absolute Gasteiger partial charge is 0.184 e. The molecule has 0 aliphatic rings. The van der Waals surface area contributed by atoms with Gasteiger partial charge in [0.15, 0.2) is 0 Å². The van der Waals surface area contributed by atoms with E-state index >= 15 is 0 Å². The molecule has 0 aliphatic carbocycles. The molecule has 0 spiro atoms. The Morgan fingerprint density at radius 3 is 1.31 bits per heavy atom. The maximum absolute atomic E-state index is 3.06. The molecule has 0 unspecified atom stereocenters. The Balaban J connectivity index is 0. The van der Waals surface area contributed by atoms with E-state index in [4.69, 9.17) is 0 Å². The van der Waals surface area contributed by atoms with E-state index in [1.54, 1.807) is 0 Å². The molecule has 2 radical (unpaired) electrons. The summed E-state index contributed by atoms with van der Waals surface area (Å²) < 4.78 is 0. The Kier molecular flexibility index (Phi) is 19.1. The van der Waals surface area contributed by atoms with Crippen molar-refractivity contribution in [3.8, 4) is 0 Å². The smallest absolute Gasteiger partial charge is 0.0809 e. The maximum Gasteiger partial charge on any atom is -0.0809 e. The van der Waals surface area contributed by atoms with Gasteiger partial charge >= 0.3 is 30.2 Å². The second-order valence-electron chi connectivity index (χ2n) is 5.39. The molecule has 4 heteroatoms. The molecule has 5 rings (SSSR count). The van der Waals surface area contributed by atoms with Crippen molar-refractivity contribution in [2.75, 3.05) is 0 Å². The van der Waals surface area contributed by atoms with Crippen molar-refractivity contribution in [3.63, 3.8) is 0 Å². The van der Waals surface area contributed by atoms with Gasteiger partial charge in [-0.05, 0) is 0 Å². The van der Waals surface area contributed by atoms with Crippen molar-refractivity contribution in [2.24, 2.45) is 0 Å². The predicted octanol–water partition coefficient (Wildman–Crippen LogP) is 7.51. The molecule has 0 saturated heterocycles. The van der Waals surface area contributed by atoms with Crippen LogP contribution in [0.4, 0.5) is 0 Å². The summed E-state index contributed by atoms with van der Waals surface area (Å²) in [6, 6.07) is 41.8. The Bertz CT molecular complexity index is 840. The van der Waals surface area contributed by atoms with Crippen LogP contribution in [0.1, 0.15) is 0 Å². The Morgan fingerprint density at radius 1 is 0.586 bits per heavy atom. The standard InChI is InChI=1S/2C9H7.C6H5.CH3.2ClH.Si.Zr/c2*1-2-5-9-7-3-6-8(9)4-1;1-2-4-6-5-3-1;;;;;/h2*1-7H;1-5H;1H3;2*1H;;/q4*-1;;;;. The van der Waals surface area contributed by atoms with Crippen molar-refractivity contribution >= 4 is 53.2 Å². The summed E-state index contributed by atoms with van der Waals surface area (Å²) >= 11 is 1.36. The predicted molar refractivity (Wildman–Crippen MR) is 131 cm³/mol. The number of halogens is 2. The first-order valence-electron chi connectivity index (χ1n) is 8.30. The minimum Gasteiger partial charge on any atom is -0.184 e. The van der Waals surface area contributed by atoms with Crippen molar-refractivity contribution < 1.29 is 23.3 Å². The topological polar surface area (TPSA) is 0 Å². The average molecular weight is 515 g/mol. The van der Waals surface area contributed by atoms with Gasteiger partial charge in [0.2, 0.25) is 0 Å². The fourth-order valence-corrected chi connectivity index (χ4v) is 2.48. The van der Waals surface area contributed by atoms with Crippen LogP contribution in [0.15, 0.2) is 115 Å². The first-order valence-corrected chi connectivity index (χ1v) is 12.5. The van der Waals surface area contributed by atoms with Crippen LogP contribution in [0, 0.1) is 13.5 Å². The second-order valence-corrected chi connectivity index (χ2v) is 5.39. The molecule has 0 heterocycles. The maximum atomic E-state index is 3.06. The molecule has 5 aromatic rings. The fourth-order valence-electron chi connectivity index (χ4n) is 2.48. The van der Waals surface area contributed by atoms with Gasteiger partial charge in [-0.2, -0.15) is 71.4 Å². The first-order chi connectivity index (χ1) is 12.9. The number of rotatable bonds is 0. The van der Waals surface area contributed by atoms with E-state index in [0.29, 0.717) is 0 Å². The Labute approximate surface area is 204 Å². The summed E-state index contributed by atoms with van der Waals surface area (Å²) in [5, 5.41) is 5.32.